The first-order chi connectivity index (χ1) is 8.99. The second kappa shape index (κ2) is 6.11. The predicted molar refractivity (Wildman–Crippen MR) is 77.6 cm³/mol. The minimum Gasteiger partial charge on any atom is -0.272 e. The number of aliphatic imine (C=N–C) groups is 1. The summed E-state index contributed by atoms with van der Waals surface area (Å²) in [7, 11) is -3.69. The van der Waals surface area contributed by atoms with Crippen LogP contribution in [0.5, 0.6) is 0 Å². The minimum absolute atomic E-state index is 0.0190. The molecule has 0 fully saturated rings. The Labute approximate surface area is 122 Å². The van der Waals surface area contributed by atoms with E-state index in [4.69, 9.17) is 23.2 Å². The van der Waals surface area contributed by atoms with Gasteiger partial charge in [-0.15, -0.1) is 0 Å². The lowest BCUT2D eigenvalue weighted by molar-refractivity contribution is 0.592. The van der Waals surface area contributed by atoms with Crippen molar-refractivity contribution in [1.82, 2.24) is 4.72 Å². The maximum atomic E-state index is 12.2. The lowest BCUT2D eigenvalue weighted by Gasteiger charge is -2.10. The highest BCUT2D eigenvalue weighted by atomic mass is 35.5. The fourth-order valence-electron chi connectivity index (χ4n) is 1.86. The Morgan fingerprint density at radius 3 is 2.68 bits per heavy atom. The molecule has 1 aromatic carbocycles. The average Bonchev–Trinajstić information content (AvgIpc) is 2.56. The lowest BCUT2D eigenvalue weighted by Crippen LogP contribution is -2.30. The maximum Gasteiger partial charge on any atom is 0.264 e. The van der Waals surface area contributed by atoms with Gasteiger partial charge in [-0.1, -0.05) is 29.6 Å². The normalized spacial score (nSPS) is 16.6. The van der Waals surface area contributed by atoms with E-state index in [1.165, 1.54) is 18.2 Å². The van der Waals surface area contributed by atoms with Crippen LogP contribution in [-0.2, 0) is 10.0 Å². The Balaban J connectivity index is 2.24. The molecular weight excluding hydrogens is 307 g/mol. The molecule has 0 aromatic heterocycles. The third-order valence-corrected chi connectivity index (χ3v) is 4.91. The van der Waals surface area contributed by atoms with Crippen molar-refractivity contribution in [2.24, 2.45) is 4.99 Å². The first-order valence-corrected chi connectivity index (χ1v) is 8.24. The van der Waals surface area contributed by atoms with Gasteiger partial charge < -0.3 is 0 Å². The van der Waals surface area contributed by atoms with E-state index in [0.717, 1.165) is 19.3 Å². The highest BCUT2D eigenvalue weighted by Gasteiger charge is 2.20. The highest BCUT2D eigenvalue weighted by Crippen LogP contribution is 2.25. The smallest absolute Gasteiger partial charge is 0.264 e. The summed E-state index contributed by atoms with van der Waals surface area (Å²) in [5.74, 6) is 0.503. The molecule has 0 atom stereocenters. The zero-order valence-electron chi connectivity index (χ0n) is 10.2. The summed E-state index contributed by atoms with van der Waals surface area (Å²) in [6, 6.07) is 4.30. The van der Waals surface area contributed by atoms with E-state index < -0.39 is 10.0 Å². The molecule has 2 rings (SSSR count). The number of nitrogens with one attached hydrogen (secondary N) is 1. The van der Waals surface area contributed by atoms with Gasteiger partial charge >= 0.3 is 0 Å². The van der Waals surface area contributed by atoms with Crippen LogP contribution in [0.2, 0.25) is 10.0 Å². The highest BCUT2D eigenvalue weighted by molar-refractivity contribution is 7.90. The molecule has 4 nitrogen and oxygen atoms in total. The van der Waals surface area contributed by atoms with E-state index in [1.807, 2.05) is 0 Å². The number of nitrogens with zero attached hydrogens (tertiary/aromatic N) is 1. The number of benzene rings is 1. The summed E-state index contributed by atoms with van der Waals surface area (Å²) in [5, 5.41) is 0.505. The van der Waals surface area contributed by atoms with Crippen LogP contribution < -0.4 is 4.72 Å². The average molecular weight is 321 g/mol. The molecule has 0 aliphatic carbocycles. The number of hydrogen-bond acceptors (Lipinski definition) is 3. The molecular formula is C12H14Cl2N2O2S. The third-order valence-electron chi connectivity index (χ3n) is 2.81. The molecule has 19 heavy (non-hydrogen) atoms. The third kappa shape index (κ3) is 3.84. The Kier molecular flexibility index (Phi) is 4.71. The first kappa shape index (κ1) is 14.6. The second-order valence-corrected chi connectivity index (χ2v) is 6.81. The van der Waals surface area contributed by atoms with E-state index in [2.05, 4.69) is 9.71 Å². The predicted octanol–water partition coefficient (Wildman–Crippen LogP) is 3.24. The van der Waals surface area contributed by atoms with Crippen molar-refractivity contribution in [2.75, 3.05) is 6.54 Å². The fraction of sp³-hybridized carbons (Fsp3) is 0.417. The van der Waals surface area contributed by atoms with Gasteiger partial charge in [0.15, 0.2) is 0 Å². The van der Waals surface area contributed by atoms with Crippen LogP contribution in [0.3, 0.4) is 0 Å². The molecule has 1 aliphatic heterocycles. The van der Waals surface area contributed by atoms with E-state index in [9.17, 15) is 8.42 Å². The lowest BCUT2D eigenvalue weighted by atomic mass is 10.2. The topological polar surface area (TPSA) is 58.5 Å². The molecule has 1 heterocycles. The number of amidine groups is 1. The SMILES string of the molecule is O=S(=O)(NC1=NCCCCC1)c1ccc(Cl)cc1Cl. The molecule has 1 aliphatic rings. The van der Waals surface area contributed by atoms with Crippen LogP contribution in [0.1, 0.15) is 25.7 Å². The molecule has 104 valence electrons. The van der Waals surface area contributed by atoms with Gasteiger partial charge in [0.1, 0.15) is 10.7 Å². The maximum absolute atomic E-state index is 12.2. The van der Waals surface area contributed by atoms with Crippen molar-refractivity contribution < 1.29 is 8.42 Å². The van der Waals surface area contributed by atoms with Gasteiger partial charge in [-0.25, -0.2) is 8.42 Å². The summed E-state index contributed by atoms with van der Waals surface area (Å²) < 4.78 is 27.0. The van der Waals surface area contributed by atoms with Crippen molar-refractivity contribution in [3.63, 3.8) is 0 Å². The number of halogens is 2. The van der Waals surface area contributed by atoms with Crippen LogP contribution in [0.25, 0.3) is 0 Å². The van der Waals surface area contributed by atoms with E-state index in [1.54, 1.807) is 0 Å². The summed E-state index contributed by atoms with van der Waals surface area (Å²) in [5.41, 5.74) is 0. The van der Waals surface area contributed by atoms with E-state index >= 15 is 0 Å². The van der Waals surface area contributed by atoms with Crippen molar-refractivity contribution >= 4 is 39.1 Å². The molecule has 0 spiro atoms. The molecule has 0 unspecified atom stereocenters. The quantitative estimate of drug-likeness (QED) is 0.909. The molecule has 7 heteroatoms. The Bertz CT molecular complexity index is 600. The van der Waals surface area contributed by atoms with Crippen molar-refractivity contribution in [3.05, 3.63) is 28.2 Å². The Morgan fingerprint density at radius 1 is 1.16 bits per heavy atom. The van der Waals surface area contributed by atoms with Crippen molar-refractivity contribution in [2.45, 2.75) is 30.6 Å². The standard InChI is InChI=1S/C12H14Cl2N2O2S/c13-9-5-6-11(10(14)8-9)19(17,18)16-12-4-2-1-3-7-15-12/h5-6,8H,1-4,7H2,(H,15,16). The van der Waals surface area contributed by atoms with Gasteiger partial charge in [0.05, 0.1) is 5.02 Å². The molecule has 1 N–H and O–H groups in total. The van der Waals surface area contributed by atoms with Crippen LogP contribution >= 0.6 is 23.2 Å². The molecule has 0 saturated carbocycles. The van der Waals surface area contributed by atoms with Gasteiger partial charge in [0, 0.05) is 18.0 Å². The Morgan fingerprint density at radius 2 is 1.95 bits per heavy atom. The molecule has 0 amide bonds. The van der Waals surface area contributed by atoms with Crippen molar-refractivity contribution in [1.29, 1.82) is 0 Å². The van der Waals surface area contributed by atoms with Gasteiger partial charge in [0.25, 0.3) is 10.0 Å². The zero-order chi connectivity index (χ0) is 13.9. The molecule has 0 saturated heterocycles. The van der Waals surface area contributed by atoms with E-state index in [0.29, 0.717) is 23.8 Å². The summed E-state index contributed by atoms with van der Waals surface area (Å²) >= 11 is 11.7. The molecule has 1 aromatic rings. The monoisotopic (exact) mass is 320 g/mol. The van der Waals surface area contributed by atoms with Crippen LogP contribution in [0.15, 0.2) is 28.1 Å². The zero-order valence-corrected chi connectivity index (χ0v) is 12.5. The van der Waals surface area contributed by atoms with Gasteiger partial charge in [0.2, 0.25) is 0 Å². The van der Waals surface area contributed by atoms with Gasteiger partial charge in [-0.2, -0.15) is 0 Å². The van der Waals surface area contributed by atoms with Gasteiger partial charge in [-0.05, 0) is 31.0 Å². The summed E-state index contributed by atoms with van der Waals surface area (Å²) in [4.78, 5) is 4.26. The molecule has 0 radical (unpaired) electrons. The minimum atomic E-state index is -3.69. The van der Waals surface area contributed by atoms with Crippen LogP contribution in [0.4, 0.5) is 0 Å². The first-order valence-electron chi connectivity index (χ1n) is 6.00. The van der Waals surface area contributed by atoms with Crippen LogP contribution in [0, 0.1) is 0 Å². The number of hydrogen-bond donors (Lipinski definition) is 1. The molecule has 0 bridgehead atoms. The Hall–Kier alpha value is -0.780. The largest absolute Gasteiger partial charge is 0.272 e. The van der Waals surface area contributed by atoms with E-state index in [-0.39, 0.29) is 9.92 Å². The van der Waals surface area contributed by atoms with Crippen molar-refractivity contribution in [3.8, 4) is 0 Å². The number of sulfonamides is 1. The van der Waals surface area contributed by atoms with Crippen LogP contribution in [-0.4, -0.2) is 20.8 Å². The van der Waals surface area contributed by atoms with Gasteiger partial charge in [-0.3, -0.25) is 9.71 Å². The fourth-order valence-corrected chi connectivity index (χ4v) is 3.72. The second-order valence-electron chi connectivity index (χ2n) is 4.32. The number of rotatable bonds is 2. The summed E-state index contributed by atoms with van der Waals surface area (Å²) in [6.45, 7) is 0.659. The summed E-state index contributed by atoms with van der Waals surface area (Å²) in [6.07, 6.45) is 3.64.